The summed E-state index contributed by atoms with van der Waals surface area (Å²) in [5, 5.41) is 0. The molecule has 0 rings (SSSR count). The van der Waals surface area contributed by atoms with Crippen LogP contribution in [0.2, 0.25) is 0 Å². The van der Waals surface area contributed by atoms with Gasteiger partial charge in [-0.2, -0.15) is 11.8 Å². The predicted octanol–water partition coefficient (Wildman–Crippen LogP) is 2.92. The summed E-state index contributed by atoms with van der Waals surface area (Å²) >= 11 is 1.93. The van der Waals surface area contributed by atoms with Crippen LogP contribution >= 0.6 is 11.8 Å². The van der Waals surface area contributed by atoms with E-state index in [0.29, 0.717) is 0 Å². The third kappa shape index (κ3) is 6.17. The molecule has 0 saturated carbocycles. The second kappa shape index (κ2) is 8.64. The van der Waals surface area contributed by atoms with E-state index in [1.165, 1.54) is 12.2 Å². The first-order chi connectivity index (χ1) is 6.26. The number of thioether (sulfide) groups is 1. The molecule has 0 aromatic heterocycles. The standard InChI is InChI=1S/C11H23NS/c1-4-6-11(7-5-8-12)10(2)9-13-3/h4,6,10-11H,5,7-9,12H2,1-3H3/t10-,11?/m0/s1. The van der Waals surface area contributed by atoms with Crippen molar-refractivity contribution in [3.63, 3.8) is 0 Å². The Bertz CT molecular complexity index is 134. The van der Waals surface area contributed by atoms with Gasteiger partial charge in [0.15, 0.2) is 0 Å². The molecule has 0 saturated heterocycles. The van der Waals surface area contributed by atoms with Crippen molar-refractivity contribution in [1.29, 1.82) is 0 Å². The summed E-state index contributed by atoms with van der Waals surface area (Å²) in [5.74, 6) is 2.75. The third-order valence-corrected chi connectivity index (χ3v) is 3.20. The smallest absolute Gasteiger partial charge is 0.00389 e. The van der Waals surface area contributed by atoms with Gasteiger partial charge in [0, 0.05) is 0 Å². The molecule has 1 unspecified atom stereocenters. The lowest BCUT2D eigenvalue weighted by Gasteiger charge is -2.19. The summed E-state index contributed by atoms with van der Waals surface area (Å²) in [6.07, 6.45) is 9.05. The highest BCUT2D eigenvalue weighted by Gasteiger charge is 2.12. The minimum Gasteiger partial charge on any atom is -0.330 e. The van der Waals surface area contributed by atoms with E-state index >= 15 is 0 Å². The number of nitrogens with two attached hydrogens (primary N) is 1. The third-order valence-electron chi connectivity index (χ3n) is 2.34. The largest absolute Gasteiger partial charge is 0.330 e. The van der Waals surface area contributed by atoms with Gasteiger partial charge in [0.2, 0.25) is 0 Å². The fraction of sp³-hybridized carbons (Fsp3) is 0.818. The lowest BCUT2D eigenvalue weighted by molar-refractivity contribution is 0.433. The molecule has 1 nitrogen and oxygen atoms in total. The summed E-state index contributed by atoms with van der Waals surface area (Å²) in [4.78, 5) is 0. The van der Waals surface area contributed by atoms with Crippen molar-refractivity contribution in [2.75, 3.05) is 18.6 Å². The molecule has 0 radical (unpaired) electrons. The molecular weight excluding hydrogens is 178 g/mol. The lowest BCUT2D eigenvalue weighted by Crippen LogP contribution is -2.13. The topological polar surface area (TPSA) is 26.0 Å². The highest BCUT2D eigenvalue weighted by molar-refractivity contribution is 7.98. The fourth-order valence-corrected chi connectivity index (χ4v) is 2.33. The van der Waals surface area contributed by atoms with Gasteiger partial charge >= 0.3 is 0 Å². The van der Waals surface area contributed by atoms with E-state index in [1.54, 1.807) is 0 Å². The number of hydrogen-bond acceptors (Lipinski definition) is 2. The summed E-state index contributed by atoms with van der Waals surface area (Å²) < 4.78 is 0. The summed E-state index contributed by atoms with van der Waals surface area (Å²) in [5.41, 5.74) is 5.52. The van der Waals surface area contributed by atoms with Gasteiger partial charge in [-0.15, -0.1) is 0 Å². The maximum atomic E-state index is 5.52. The predicted molar refractivity (Wildman–Crippen MR) is 64.1 cm³/mol. The molecule has 0 aromatic carbocycles. The highest BCUT2D eigenvalue weighted by atomic mass is 32.2. The Kier molecular flexibility index (Phi) is 8.67. The first kappa shape index (κ1) is 13.1. The minimum absolute atomic E-state index is 0.723. The van der Waals surface area contributed by atoms with Crippen LogP contribution < -0.4 is 5.73 Å². The first-order valence-corrected chi connectivity index (χ1v) is 6.47. The average Bonchev–Trinajstić information content (AvgIpc) is 2.12. The van der Waals surface area contributed by atoms with Crippen LogP contribution in [0.25, 0.3) is 0 Å². The molecule has 0 spiro atoms. The summed E-state index contributed by atoms with van der Waals surface area (Å²) in [7, 11) is 0. The maximum absolute atomic E-state index is 5.52. The zero-order valence-corrected chi connectivity index (χ0v) is 9.94. The SMILES string of the molecule is CC=CC(CCCN)[C@@H](C)CSC. The number of rotatable bonds is 7. The van der Waals surface area contributed by atoms with Crippen LogP contribution in [0.4, 0.5) is 0 Å². The van der Waals surface area contributed by atoms with Crippen LogP contribution in [0.5, 0.6) is 0 Å². The van der Waals surface area contributed by atoms with Crippen molar-refractivity contribution in [3.05, 3.63) is 12.2 Å². The van der Waals surface area contributed by atoms with Gasteiger partial charge in [0.1, 0.15) is 0 Å². The lowest BCUT2D eigenvalue weighted by atomic mass is 9.91. The Balaban J connectivity index is 3.90. The van der Waals surface area contributed by atoms with Gasteiger partial charge in [0.05, 0.1) is 0 Å². The van der Waals surface area contributed by atoms with E-state index < -0.39 is 0 Å². The molecule has 0 heterocycles. The van der Waals surface area contributed by atoms with E-state index in [-0.39, 0.29) is 0 Å². The van der Waals surface area contributed by atoms with Gasteiger partial charge in [-0.3, -0.25) is 0 Å². The fourth-order valence-electron chi connectivity index (χ4n) is 1.56. The van der Waals surface area contributed by atoms with E-state index in [4.69, 9.17) is 5.73 Å². The van der Waals surface area contributed by atoms with Crippen molar-refractivity contribution in [3.8, 4) is 0 Å². The molecule has 0 aliphatic carbocycles. The molecule has 0 fully saturated rings. The number of hydrogen-bond donors (Lipinski definition) is 1. The zero-order chi connectivity index (χ0) is 10.1. The van der Waals surface area contributed by atoms with Crippen molar-refractivity contribution in [2.24, 2.45) is 17.6 Å². The van der Waals surface area contributed by atoms with Crippen LogP contribution in [0, 0.1) is 11.8 Å². The van der Waals surface area contributed by atoms with Crippen LogP contribution in [-0.2, 0) is 0 Å². The maximum Gasteiger partial charge on any atom is -0.00389 e. The Labute approximate surface area is 87.2 Å². The molecule has 78 valence electrons. The van der Waals surface area contributed by atoms with Gasteiger partial charge in [0.25, 0.3) is 0 Å². The Hall–Kier alpha value is 0.0500. The van der Waals surface area contributed by atoms with Crippen molar-refractivity contribution in [2.45, 2.75) is 26.7 Å². The molecule has 2 heteroatoms. The number of allylic oxidation sites excluding steroid dienone is 2. The van der Waals surface area contributed by atoms with Gasteiger partial charge in [-0.25, -0.2) is 0 Å². The van der Waals surface area contributed by atoms with Crippen molar-refractivity contribution >= 4 is 11.8 Å². The molecule has 0 bridgehead atoms. The van der Waals surface area contributed by atoms with E-state index in [9.17, 15) is 0 Å². The molecule has 2 atom stereocenters. The molecule has 0 aliphatic heterocycles. The average molecular weight is 201 g/mol. The molecule has 0 aromatic rings. The normalized spacial score (nSPS) is 16.3. The second-order valence-corrected chi connectivity index (χ2v) is 4.46. The van der Waals surface area contributed by atoms with Gasteiger partial charge in [-0.05, 0) is 50.2 Å². The van der Waals surface area contributed by atoms with Crippen LogP contribution in [0.3, 0.4) is 0 Å². The van der Waals surface area contributed by atoms with Gasteiger partial charge < -0.3 is 5.73 Å². The second-order valence-electron chi connectivity index (χ2n) is 3.55. The first-order valence-electron chi connectivity index (χ1n) is 5.08. The van der Waals surface area contributed by atoms with Crippen LogP contribution in [0.1, 0.15) is 26.7 Å². The quantitative estimate of drug-likeness (QED) is 0.641. The Morgan fingerprint density at radius 3 is 2.62 bits per heavy atom. The van der Waals surface area contributed by atoms with Crippen molar-refractivity contribution < 1.29 is 0 Å². The Morgan fingerprint density at radius 2 is 2.15 bits per heavy atom. The zero-order valence-electron chi connectivity index (χ0n) is 9.12. The van der Waals surface area contributed by atoms with E-state index in [2.05, 4.69) is 32.3 Å². The molecule has 0 aliphatic rings. The molecule has 2 N–H and O–H groups in total. The Morgan fingerprint density at radius 1 is 1.46 bits per heavy atom. The van der Waals surface area contributed by atoms with E-state index in [0.717, 1.165) is 24.8 Å². The van der Waals surface area contributed by atoms with Crippen LogP contribution in [0.15, 0.2) is 12.2 Å². The molecule has 13 heavy (non-hydrogen) atoms. The summed E-state index contributed by atoms with van der Waals surface area (Å²) in [6.45, 7) is 5.25. The van der Waals surface area contributed by atoms with E-state index in [1.807, 2.05) is 11.8 Å². The highest BCUT2D eigenvalue weighted by Crippen LogP contribution is 2.21. The van der Waals surface area contributed by atoms with Crippen LogP contribution in [-0.4, -0.2) is 18.6 Å². The monoisotopic (exact) mass is 201 g/mol. The molecular formula is C11H23NS. The molecule has 0 amide bonds. The summed E-state index contributed by atoms with van der Waals surface area (Å²) in [6, 6.07) is 0. The minimum atomic E-state index is 0.723. The van der Waals surface area contributed by atoms with Crippen molar-refractivity contribution in [1.82, 2.24) is 0 Å². The van der Waals surface area contributed by atoms with Gasteiger partial charge in [-0.1, -0.05) is 19.1 Å².